The maximum atomic E-state index is 6.75. The minimum atomic E-state index is -3.02. The van der Waals surface area contributed by atoms with E-state index in [9.17, 15) is 0 Å². The Kier molecular flexibility index (Phi) is 9.23. The molecule has 0 spiro atoms. The van der Waals surface area contributed by atoms with Gasteiger partial charge in [0.1, 0.15) is 0 Å². The summed E-state index contributed by atoms with van der Waals surface area (Å²) in [4.78, 5) is 0. The summed E-state index contributed by atoms with van der Waals surface area (Å²) in [6.45, 7) is 30.1. The van der Waals surface area contributed by atoms with Crippen LogP contribution < -0.4 is 0 Å². The van der Waals surface area contributed by atoms with Crippen LogP contribution >= 0.6 is 0 Å². The predicted octanol–water partition coefficient (Wildman–Crippen LogP) is 5.68. The molecule has 0 aromatic heterocycles. The van der Waals surface area contributed by atoms with Crippen LogP contribution in [0.5, 0.6) is 0 Å². The van der Waals surface area contributed by atoms with E-state index in [1.165, 1.54) is 0 Å². The molecule has 0 aromatic carbocycles. The second-order valence-electron chi connectivity index (χ2n) is 10.7. The summed E-state index contributed by atoms with van der Waals surface area (Å²) < 4.78 is 33.0. The molecule has 0 saturated carbocycles. The van der Waals surface area contributed by atoms with Crippen LogP contribution in [-0.2, 0) is 20.6 Å². The van der Waals surface area contributed by atoms with Crippen LogP contribution in [0.25, 0.3) is 0 Å². The third kappa shape index (κ3) is 12.5. The minimum absolute atomic E-state index is 1.87. The second kappa shape index (κ2) is 8.85. The van der Waals surface area contributed by atoms with Crippen LogP contribution in [0, 0.1) is 6.04 Å². The van der Waals surface area contributed by atoms with Gasteiger partial charge in [-0.15, -0.1) is 0 Å². The topological polar surface area (TPSA) is 46.2 Å². The first-order valence-electron chi connectivity index (χ1n) is 9.41. The van der Waals surface area contributed by atoms with Gasteiger partial charge in [0.2, 0.25) is 0 Å². The van der Waals surface area contributed by atoms with Crippen LogP contribution in [0.15, 0.2) is 0 Å². The molecule has 0 amide bonds. The van der Waals surface area contributed by atoms with Gasteiger partial charge in [0, 0.05) is 12.6 Å². The molecular formula is C15H43O5Si6. The van der Waals surface area contributed by atoms with Crippen molar-refractivity contribution in [3.05, 3.63) is 6.04 Å². The number of rotatable bonds is 11. The summed E-state index contributed by atoms with van der Waals surface area (Å²) in [6, 6.07) is 2.02. The molecule has 0 aliphatic rings. The van der Waals surface area contributed by atoms with E-state index in [1.807, 2.05) is 19.5 Å². The lowest BCUT2D eigenvalue weighted by Crippen LogP contribution is -2.66. The highest BCUT2D eigenvalue weighted by Gasteiger charge is 2.55. The van der Waals surface area contributed by atoms with Gasteiger partial charge >= 0.3 is 17.6 Å². The third-order valence-electron chi connectivity index (χ3n) is 2.56. The molecule has 0 unspecified atom stereocenters. The third-order valence-corrected chi connectivity index (χ3v) is 20.9. The van der Waals surface area contributed by atoms with Crippen molar-refractivity contribution in [2.24, 2.45) is 0 Å². The molecule has 0 aromatic rings. The highest BCUT2D eigenvalue weighted by atomic mass is 28.5. The summed E-state index contributed by atoms with van der Waals surface area (Å²) in [5.74, 6) is 0. The molecule has 0 heterocycles. The minimum Gasteiger partial charge on any atom is -0.417 e. The van der Waals surface area contributed by atoms with Gasteiger partial charge in [-0.2, -0.15) is 0 Å². The summed E-state index contributed by atoms with van der Waals surface area (Å²) in [5, 5.41) is 0. The van der Waals surface area contributed by atoms with Gasteiger partial charge in [0.25, 0.3) is 0 Å². The van der Waals surface area contributed by atoms with Crippen molar-refractivity contribution in [3.8, 4) is 0 Å². The lowest BCUT2D eigenvalue weighted by molar-refractivity contribution is 0.186. The maximum absolute atomic E-state index is 6.75. The quantitative estimate of drug-likeness (QED) is 0.363. The molecule has 1 radical (unpaired) electrons. The molecule has 0 saturated heterocycles. The van der Waals surface area contributed by atoms with Crippen molar-refractivity contribution in [3.63, 3.8) is 0 Å². The SMILES string of the molecule is C[CH][Si](O[Si](C)(C)C)(O[Si](C)(C)C)O[Si](C)(O[Si](C)(C)C)O[Si](C)(C)C. The fraction of sp³-hybridized carbons (Fsp3) is 0.933. The first-order chi connectivity index (χ1) is 11.1. The van der Waals surface area contributed by atoms with Crippen molar-refractivity contribution in [1.29, 1.82) is 0 Å². The predicted molar refractivity (Wildman–Crippen MR) is 126 cm³/mol. The van der Waals surface area contributed by atoms with Crippen molar-refractivity contribution < 1.29 is 20.6 Å². The Labute approximate surface area is 169 Å². The van der Waals surface area contributed by atoms with E-state index in [0.717, 1.165) is 0 Å². The van der Waals surface area contributed by atoms with Crippen molar-refractivity contribution in [2.45, 2.75) is 92.0 Å². The lowest BCUT2D eigenvalue weighted by Gasteiger charge is -2.45. The van der Waals surface area contributed by atoms with Crippen molar-refractivity contribution >= 4 is 50.9 Å². The lowest BCUT2D eigenvalue weighted by atomic mass is 11.0. The highest BCUT2D eigenvalue weighted by molar-refractivity contribution is 6.93. The van der Waals surface area contributed by atoms with Crippen LogP contribution in [0.2, 0.25) is 85.1 Å². The van der Waals surface area contributed by atoms with E-state index in [0.29, 0.717) is 0 Å². The van der Waals surface area contributed by atoms with E-state index in [2.05, 4.69) is 78.6 Å². The van der Waals surface area contributed by atoms with Crippen molar-refractivity contribution in [2.75, 3.05) is 0 Å². The van der Waals surface area contributed by atoms with E-state index >= 15 is 0 Å². The molecule has 0 N–H and O–H groups in total. The van der Waals surface area contributed by atoms with E-state index in [1.54, 1.807) is 0 Å². The van der Waals surface area contributed by atoms with Crippen molar-refractivity contribution in [1.82, 2.24) is 0 Å². The first-order valence-corrected chi connectivity index (χ1v) is 27.1. The molecule has 0 atom stereocenters. The molecule has 0 rings (SSSR count). The molecule has 5 nitrogen and oxygen atoms in total. The average molecular weight is 472 g/mol. The highest BCUT2D eigenvalue weighted by Crippen LogP contribution is 2.31. The Balaban J connectivity index is 6.01. The van der Waals surface area contributed by atoms with Crippen LogP contribution in [-0.4, -0.2) is 50.9 Å². The zero-order chi connectivity index (χ0) is 21.2. The van der Waals surface area contributed by atoms with Gasteiger partial charge in [0.05, 0.1) is 0 Å². The molecule has 0 aliphatic heterocycles. The van der Waals surface area contributed by atoms with Gasteiger partial charge in [-0.3, -0.25) is 0 Å². The second-order valence-corrected chi connectivity index (χ2v) is 35.2. The monoisotopic (exact) mass is 471 g/mol. The van der Waals surface area contributed by atoms with Crippen LogP contribution in [0.1, 0.15) is 6.92 Å². The van der Waals surface area contributed by atoms with Gasteiger partial charge in [0.15, 0.2) is 33.3 Å². The molecule has 11 heteroatoms. The molecule has 26 heavy (non-hydrogen) atoms. The Morgan fingerprint density at radius 3 is 0.885 bits per heavy atom. The van der Waals surface area contributed by atoms with Crippen LogP contribution in [0.4, 0.5) is 0 Å². The molecular weight excluding hydrogens is 429 g/mol. The maximum Gasteiger partial charge on any atom is 0.475 e. The zero-order valence-corrected chi connectivity index (χ0v) is 25.6. The summed E-state index contributed by atoms with van der Waals surface area (Å²) in [5.41, 5.74) is 0. The summed E-state index contributed by atoms with van der Waals surface area (Å²) in [7, 11) is -13.5. The summed E-state index contributed by atoms with van der Waals surface area (Å²) in [6.07, 6.45) is 0. The van der Waals surface area contributed by atoms with Gasteiger partial charge in [-0.1, -0.05) is 6.92 Å². The van der Waals surface area contributed by atoms with E-state index in [-0.39, 0.29) is 0 Å². The molecule has 0 fully saturated rings. The van der Waals surface area contributed by atoms with Gasteiger partial charge in [-0.05, 0) is 78.6 Å². The van der Waals surface area contributed by atoms with E-state index < -0.39 is 50.9 Å². The van der Waals surface area contributed by atoms with E-state index in [4.69, 9.17) is 20.6 Å². The fourth-order valence-electron chi connectivity index (χ4n) is 2.53. The fourth-order valence-corrected chi connectivity index (χ4v) is 25.0. The summed E-state index contributed by atoms with van der Waals surface area (Å²) >= 11 is 0. The Hall–Kier alpha value is 1.10. The standard InChI is InChI=1S/C15H43O5Si6/c1-15-26(18-23(8,9)10,19-24(11,12)13)20-25(14,16-21(2,3)4)17-22(5,6)7/h15H,1-14H3. The van der Waals surface area contributed by atoms with Gasteiger partial charge in [-0.25, -0.2) is 0 Å². The van der Waals surface area contributed by atoms with Crippen LogP contribution in [0.3, 0.4) is 0 Å². The Morgan fingerprint density at radius 1 is 0.423 bits per heavy atom. The number of hydrogen-bond donors (Lipinski definition) is 0. The molecule has 0 bridgehead atoms. The number of hydrogen-bond acceptors (Lipinski definition) is 5. The largest absolute Gasteiger partial charge is 0.475 e. The normalized spacial score (nSPS) is 15.5. The molecule has 157 valence electrons. The molecule has 0 aliphatic carbocycles. The Bertz CT molecular complexity index is 415. The Morgan fingerprint density at radius 2 is 0.692 bits per heavy atom. The first kappa shape index (κ1) is 27.1. The smallest absolute Gasteiger partial charge is 0.417 e. The zero-order valence-electron chi connectivity index (χ0n) is 19.6. The average Bonchev–Trinajstić information content (AvgIpc) is 2.16. The van der Waals surface area contributed by atoms with Gasteiger partial charge < -0.3 is 20.6 Å².